The van der Waals surface area contributed by atoms with E-state index in [1.807, 2.05) is 19.0 Å². The normalized spacial score (nSPS) is 10.2. The topological polar surface area (TPSA) is 61.3 Å². The van der Waals surface area contributed by atoms with Crippen LogP contribution in [0.2, 0.25) is 0 Å². The van der Waals surface area contributed by atoms with Crippen LogP contribution < -0.4 is 15.8 Å². The molecule has 0 saturated heterocycles. The highest BCUT2D eigenvalue weighted by Gasteiger charge is 2.06. The van der Waals surface area contributed by atoms with E-state index < -0.39 is 0 Å². The van der Waals surface area contributed by atoms with Gasteiger partial charge in [-0.1, -0.05) is 0 Å². The summed E-state index contributed by atoms with van der Waals surface area (Å²) in [6.45, 7) is 1.61. The number of H-pyrrole nitrogens is 1. The molecular weight excluding hydrogens is 158 g/mol. The van der Waals surface area contributed by atoms with Gasteiger partial charge < -0.3 is 14.7 Å². The summed E-state index contributed by atoms with van der Waals surface area (Å²) in [7, 11) is 3.71. The molecule has 68 valence electrons. The maximum absolute atomic E-state index is 11.0. The zero-order valence-corrected chi connectivity index (χ0v) is 7.26. The lowest BCUT2D eigenvalue weighted by atomic mass is 10.4. The van der Waals surface area contributed by atoms with Crippen molar-refractivity contribution in [1.29, 1.82) is 0 Å². The highest BCUT2D eigenvalue weighted by Crippen LogP contribution is 2.01. The minimum absolute atomic E-state index is 0.325. The van der Waals surface area contributed by atoms with Crippen molar-refractivity contribution in [2.75, 3.05) is 32.1 Å². The van der Waals surface area contributed by atoms with Gasteiger partial charge in [0.15, 0.2) is 0 Å². The first-order valence-electron chi connectivity index (χ1n) is 3.78. The maximum Gasteiger partial charge on any atom is 0.380 e. The highest BCUT2D eigenvalue weighted by molar-refractivity contribution is 5.39. The first-order chi connectivity index (χ1) is 5.75. The van der Waals surface area contributed by atoms with Gasteiger partial charge in [-0.05, 0) is 7.05 Å². The van der Waals surface area contributed by atoms with E-state index in [0.717, 1.165) is 13.1 Å². The molecule has 0 aliphatic carbocycles. The van der Waals surface area contributed by atoms with E-state index in [0.29, 0.717) is 5.69 Å². The second kappa shape index (κ2) is 3.96. The summed E-state index contributed by atoms with van der Waals surface area (Å²) < 4.78 is 4.52. The number of hydrogen-bond acceptors (Lipinski definition) is 4. The predicted octanol–water partition coefficient (Wildman–Crippen LogP) is -0.377. The van der Waals surface area contributed by atoms with Crippen LogP contribution in [0.1, 0.15) is 0 Å². The molecular formula is C7H13N3O2. The molecule has 0 atom stereocenters. The van der Waals surface area contributed by atoms with E-state index in [1.54, 1.807) is 6.20 Å². The smallest absolute Gasteiger partial charge is 0.366 e. The van der Waals surface area contributed by atoms with Gasteiger partial charge in [-0.25, -0.2) is 9.95 Å². The monoisotopic (exact) mass is 171 g/mol. The Labute approximate surface area is 70.3 Å². The van der Waals surface area contributed by atoms with Crippen LogP contribution in [0, 0.1) is 0 Å². The minimum atomic E-state index is -0.325. The average molecular weight is 171 g/mol. The molecule has 0 aliphatic rings. The second-order valence-electron chi connectivity index (χ2n) is 2.56. The fourth-order valence-corrected chi connectivity index (χ4v) is 0.916. The summed E-state index contributed by atoms with van der Waals surface area (Å²) in [6.07, 6.45) is 1.55. The lowest BCUT2D eigenvalue weighted by molar-refractivity contribution is 0.391. The molecule has 0 spiro atoms. The zero-order chi connectivity index (χ0) is 8.97. The molecule has 0 aliphatic heterocycles. The molecule has 0 saturated carbocycles. The molecule has 0 aromatic carbocycles. The molecule has 5 heteroatoms. The third kappa shape index (κ3) is 1.88. The van der Waals surface area contributed by atoms with E-state index in [1.165, 1.54) is 0 Å². The number of nitrogens with one attached hydrogen (secondary N) is 2. The summed E-state index contributed by atoms with van der Waals surface area (Å²) in [5.41, 5.74) is 0.235. The van der Waals surface area contributed by atoms with Crippen molar-refractivity contribution in [1.82, 2.24) is 10.5 Å². The summed E-state index contributed by atoms with van der Waals surface area (Å²) in [5.74, 6) is 0. The van der Waals surface area contributed by atoms with Crippen molar-refractivity contribution < 1.29 is 4.52 Å². The van der Waals surface area contributed by atoms with Crippen LogP contribution in [-0.2, 0) is 0 Å². The molecule has 0 unspecified atom stereocenters. The Morgan fingerprint density at radius 2 is 2.50 bits per heavy atom. The Morgan fingerprint density at radius 3 is 3.00 bits per heavy atom. The fourth-order valence-electron chi connectivity index (χ4n) is 0.916. The van der Waals surface area contributed by atoms with Crippen LogP contribution in [0.25, 0.3) is 0 Å². The molecule has 0 radical (unpaired) electrons. The van der Waals surface area contributed by atoms with Gasteiger partial charge >= 0.3 is 5.63 Å². The van der Waals surface area contributed by atoms with Crippen LogP contribution in [-0.4, -0.2) is 32.3 Å². The molecule has 1 aromatic heterocycles. The molecule has 0 amide bonds. The molecule has 1 rings (SSSR count). The lowest BCUT2D eigenvalue weighted by Gasteiger charge is -2.14. The van der Waals surface area contributed by atoms with Gasteiger partial charge in [0.25, 0.3) is 0 Å². The molecule has 5 nitrogen and oxygen atoms in total. The van der Waals surface area contributed by atoms with Gasteiger partial charge in [-0.15, -0.1) is 0 Å². The van der Waals surface area contributed by atoms with Gasteiger partial charge in [0.05, 0.1) is 6.20 Å². The summed E-state index contributed by atoms with van der Waals surface area (Å²) >= 11 is 0. The quantitative estimate of drug-likeness (QED) is 0.648. The van der Waals surface area contributed by atoms with Gasteiger partial charge in [0, 0.05) is 20.1 Å². The van der Waals surface area contributed by atoms with Crippen LogP contribution >= 0.6 is 0 Å². The number of aromatic nitrogens is 1. The van der Waals surface area contributed by atoms with Gasteiger partial charge in [0.1, 0.15) is 5.69 Å². The Morgan fingerprint density at radius 1 is 1.75 bits per heavy atom. The fraction of sp³-hybridized carbons (Fsp3) is 0.571. The molecule has 0 fully saturated rings. The predicted molar refractivity (Wildman–Crippen MR) is 46.5 cm³/mol. The van der Waals surface area contributed by atoms with Gasteiger partial charge in [0.2, 0.25) is 0 Å². The van der Waals surface area contributed by atoms with Crippen molar-refractivity contribution in [2.45, 2.75) is 0 Å². The van der Waals surface area contributed by atoms with E-state index >= 15 is 0 Å². The Balaban J connectivity index is 2.59. The Hall–Kier alpha value is -1.23. The van der Waals surface area contributed by atoms with Crippen molar-refractivity contribution in [3.8, 4) is 0 Å². The maximum atomic E-state index is 11.0. The molecule has 12 heavy (non-hydrogen) atoms. The van der Waals surface area contributed by atoms with Crippen LogP contribution in [0.4, 0.5) is 5.69 Å². The van der Waals surface area contributed by atoms with Gasteiger partial charge in [-0.2, -0.15) is 0 Å². The van der Waals surface area contributed by atoms with Crippen molar-refractivity contribution >= 4 is 5.69 Å². The SMILES string of the molecule is CNCCN(C)c1c[nH]oc1=O. The minimum Gasteiger partial charge on any atom is -0.366 e. The van der Waals surface area contributed by atoms with E-state index in [9.17, 15) is 4.79 Å². The van der Waals surface area contributed by atoms with Crippen LogP contribution in [0.15, 0.2) is 15.5 Å². The number of hydrogen-bond donors (Lipinski definition) is 2. The molecule has 1 heterocycles. The van der Waals surface area contributed by atoms with Crippen molar-refractivity contribution in [2.24, 2.45) is 0 Å². The first-order valence-corrected chi connectivity index (χ1v) is 3.78. The third-order valence-corrected chi connectivity index (χ3v) is 1.66. The standard InChI is InChI=1S/C7H13N3O2/c1-8-3-4-10(2)6-5-9-12-7(6)11/h5,8-9H,3-4H2,1-2H3. The number of rotatable bonds is 4. The number of likely N-dealkylation sites (N-methyl/N-ethyl adjacent to an activating group) is 2. The van der Waals surface area contributed by atoms with E-state index in [2.05, 4.69) is 15.0 Å². The summed E-state index contributed by atoms with van der Waals surface area (Å²) in [6, 6.07) is 0. The second-order valence-corrected chi connectivity index (χ2v) is 2.56. The van der Waals surface area contributed by atoms with Crippen molar-refractivity contribution in [3.63, 3.8) is 0 Å². The Kier molecular flexibility index (Phi) is 2.93. The van der Waals surface area contributed by atoms with E-state index in [-0.39, 0.29) is 5.63 Å². The average Bonchev–Trinajstić information content (AvgIpc) is 2.47. The molecule has 0 bridgehead atoms. The van der Waals surface area contributed by atoms with Crippen molar-refractivity contribution in [3.05, 3.63) is 16.6 Å². The summed E-state index contributed by atoms with van der Waals surface area (Å²) in [5, 5.41) is 5.40. The van der Waals surface area contributed by atoms with Crippen LogP contribution in [0.5, 0.6) is 0 Å². The number of nitrogens with zero attached hydrogens (tertiary/aromatic N) is 1. The zero-order valence-electron chi connectivity index (χ0n) is 7.26. The van der Waals surface area contributed by atoms with Gasteiger partial charge in [-0.3, -0.25) is 0 Å². The molecule has 2 N–H and O–H groups in total. The first kappa shape index (κ1) is 8.86. The number of anilines is 1. The summed E-state index contributed by atoms with van der Waals surface area (Å²) in [4.78, 5) is 12.8. The molecule has 1 aromatic rings. The highest BCUT2D eigenvalue weighted by atomic mass is 16.5. The van der Waals surface area contributed by atoms with Crippen LogP contribution in [0.3, 0.4) is 0 Å². The lowest BCUT2D eigenvalue weighted by Crippen LogP contribution is -2.29. The van der Waals surface area contributed by atoms with E-state index in [4.69, 9.17) is 0 Å². The number of aromatic amines is 1. The third-order valence-electron chi connectivity index (χ3n) is 1.66. The largest absolute Gasteiger partial charge is 0.380 e. The Bertz CT molecular complexity index is 278.